The van der Waals surface area contributed by atoms with Gasteiger partial charge in [0.15, 0.2) is 11.2 Å². The number of nitrogens with one attached hydrogen (secondary N) is 1. The Balaban J connectivity index is 1.07. The van der Waals surface area contributed by atoms with Crippen molar-refractivity contribution in [3.8, 4) is 33.4 Å². The number of benzene rings is 12. The first-order chi connectivity index (χ1) is 40.2. The van der Waals surface area contributed by atoms with Gasteiger partial charge >= 0.3 is 0 Å². The molecule has 0 aliphatic carbocycles. The maximum Gasteiger partial charge on any atom is 0.159 e. The standard InChI is InChI=1S/C78H68N2O2/c1-9-48-22-17-26-52(42-48)79-74-59(39-40-65-63-33-20-31-61(76(63)82-78(65)74)56-29-16-14-25-51(56)12-4)68-44-69-67(47(7)8)45-71(66-41-38-57-54(46(5)6)36-37-58(68)72(57)73(66)69)80(53-27-18-23-49(10-2)43-53)70-35-21-34-64-62-32-19-30-60(75(62)81-77(64)70)55-28-15-13-24-50(55)11-3/h13-47,79H,9-12H2,1-8H3. The Labute approximate surface area is 481 Å². The highest BCUT2D eigenvalue weighted by Gasteiger charge is 2.29. The van der Waals surface area contributed by atoms with Crippen LogP contribution in [0.4, 0.5) is 28.4 Å². The van der Waals surface area contributed by atoms with Crippen LogP contribution in [0.15, 0.2) is 209 Å². The average molecular weight is 1070 g/mol. The van der Waals surface area contributed by atoms with Gasteiger partial charge in [0.25, 0.3) is 0 Å². The first-order valence-corrected chi connectivity index (χ1v) is 29.8. The second-order valence-corrected chi connectivity index (χ2v) is 23.0. The Morgan fingerprint density at radius 2 is 0.890 bits per heavy atom. The number of fused-ring (bicyclic) bond motifs is 6. The van der Waals surface area contributed by atoms with E-state index in [0.717, 1.165) is 115 Å². The largest absolute Gasteiger partial charge is 0.453 e. The van der Waals surface area contributed by atoms with Crippen molar-refractivity contribution < 1.29 is 8.83 Å². The highest BCUT2D eigenvalue weighted by molar-refractivity contribution is 6.31. The lowest BCUT2D eigenvalue weighted by molar-refractivity contribution is 0.670. The van der Waals surface area contributed by atoms with Crippen LogP contribution >= 0.6 is 0 Å². The van der Waals surface area contributed by atoms with Crippen LogP contribution in [-0.2, 0) is 25.7 Å². The van der Waals surface area contributed by atoms with Gasteiger partial charge in [-0.1, -0.05) is 207 Å². The van der Waals surface area contributed by atoms with Gasteiger partial charge < -0.3 is 19.1 Å². The molecule has 4 nitrogen and oxygen atoms in total. The van der Waals surface area contributed by atoms with Gasteiger partial charge in [0.2, 0.25) is 0 Å². The molecule has 4 heteroatoms. The summed E-state index contributed by atoms with van der Waals surface area (Å²) in [5, 5.41) is 16.0. The van der Waals surface area contributed by atoms with Crippen LogP contribution in [0.5, 0.6) is 0 Å². The minimum absolute atomic E-state index is 0.171. The van der Waals surface area contributed by atoms with Gasteiger partial charge in [0.05, 0.1) is 17.1 Å². The van der Waals surface area contributed by atoms with Crippen molar-refractivity contribution in [3.63, 3.8) is 0 Å². The Bertz CT molecular complexity index is 4800. The van der Waals surface area contributed by atoms with E-state index in [4.69, 9.17) is 8.83 Å². The fourth-order valence-electron chi connectivity index (χ4n) is 13.5. The van der Waals surface area contributed by atoms with Crippen molar-refractivity contribution in [3.05, 3.63) is 234 Å². The molecule has 82 heavy (non-hydrogen) atoms. The monoisotopic (exact) mass is 1060 g/mol. The summed E-state index contributed by atoms with van der Waals surface area (Å²) in [7, 11) is 0. The fourth-order valence-corrected chi connectivity index (χ4v) is 13.5. The second-order valence-electron chi connectivity index (χ2n) is 23.0. The summed E-state index contributed by atoms with van der Waals surface area (Å²) in [5.41, 5.74) is 23.5. The molecule has 0 fully saturated rings. The molecule has 0 spiro atoms. The normalized spacial score (nSPS) is 12.1. The summed E-state index contributed by atoms with van der Waals surface area (Å²) >= 11 is 0. The Kier molecular flexibility index (Phi) is 12.7. The van der Waals surface area contributed by atoms with Crippen LogP contribution in [0.1, 0.15) is 101 Å². The molecule has 0 radical (unpaired) electrons. The van der Waals surface area contributed by atoms with Gasteiger partial charge in [-0.2, -0.15) is 0 Å². The van der Waals surface area contributed by atoms with E-state index in [1.54, 1.807) is 0 Å². The van der Waals surface area contributed by atoms with Gasteiger partial charge in [-0.3, -0.25) is 0 Å². The van der Waals surface area contributed by atoms with Gasteiger partial charge in [-0.05, 0) is 163 Å². The molecular weight excluding hydrogens is 997 g/mol. The summed E-state index contributed by atoms with van der Waals surface area (Å²) in [6.07, 6.45) is 3.72. The van der Waals surface area contributed by atoms with Crippen molar-refractivity contribution in [2.45, 2.75) is 92.9 Å². The van der Waals surface area contributed by atoms with E-state index in [-0.39, 0.29) is 5.92 Å². The topological polar surface area (TPSA) is 41.5 Å². The Morgan fingerprint density at radius 1 is 0.354 bits per heavy atom. The van der Waals surface area contributed by atoms with Gasteiger partial charge in [-0.25, -0.2) is 0 Å². The zero-order valence-electron chi connectivity index (χ0n) is 48.3. The maximum absolute atomic E-state index is 7.37. The number of para-hydroxylation sites is 3. The van der Waals surface area contributed by atoms with Gasteiger partial charge in [0.1, 0.15) is 11.2 Å². The van der Waals surface area contributed by atoms with E-state index in [0.29, 0.717) is 5.92 Å². The summed E-state index contributed by atoms with van der Waals surface area (Å²) in [6, 6.07) is 74.7. The molecule has 0 aliphatic rings. The van der Waals surface area contributed by atoms with Crippen LogP contribution in [0, 0.1) is 0 Å². The predicted molar refractivity (Wildman–Crippen MR) is 351 cm³/mol. The molecule has 0 bridgehead atoms. The fraction of sp³-hybridized carbons (Fsp3) is 0.179. The molecule has 402 valence electrons. The molecule has 0 atom stereocenters. The third-order valence-electron chi connectivity index (χ3n) is 17.7. The smallest absolute Gasteiger partial charge is 0.159 e. The van der Waals surface area contributed by atoms with Crippen LogP contribution in [0.3, 0.4) is 0 Å². The van der Waals surface area contributed by atoms with Crippen molar-refractivity contribution in [1.29, 1.82) is 0 Å². The van der Waals surface area contributed by atoms with E-state index < -0.39 is 0 Å². The van der Waals surface area contributed by atoms with E-state index in [9.17, 15) is 0 Å². The Morgan fingerprint density at radius 3 is 1.55 bits per heavy atom. The van der Waals surface area contributed by atoms with E-state index in [2.05, 4.69) is 266 Å². The van der Waals surface area contributed by atoms with Crippen LogP contribution in [0.2, 0.25) is 0 Å². The number of rotatable bonds is 14. The second kappa shape index (κ2) is 20.5. The number of hydrogen-bond acceptors (Lipinski definition) is 4. The lowest BCUT2D eigenvalue weighted by atomic mass is 9.82. The molecule has 2 aromatic heterocycles. The minimum atomic E-state index is 0.171. The first-order valence-electron chi connectivity index (χ1n) is 29.8. The molecule has 2 heterocycles. The van der Waals surface area contributed by atoms with Crippen LogP contribution in [0.25, 0.3) is 110 Å². The van der Waals surface area contributed by atoms with Gasteiger partial charge in [-0.15, -0.1) is 0 Å². The molecule has 12 aromatic carbocycles. The predicted octanol–water partition coefficient (Wildman–Crippen LogP) is 23.1. The third kappa shape index (κ3) is 8.17. The van der Waals surface area contributed by atoms with Crippen molar-refractivity contribution in [2.75, 3.05) is 10.2 Å². The van der Waals surface area contributed by atoms with Gasteiger partial charge in [0, 0.05) is 55.0 Å². The minimum Gasteiger partial charge on any atom is -0.453 e. The Hall–Kier alpha value is -9.12. The molecule has 0 saturated carbocycles. The highest BCUT2D eigenvalue weighted by Crippen LogP contribution is 2.54. The molecule has 0 unspecified atom stereocenters. The van der Waals surface area contributed by atoms with E-state index in [1.807, 2.05) is 0 Å². The number of aryl methyl sites for hydroxylation is 4. The summed E-state index contributed by atoms with van der Waals surface area (Å²) in [4.78, 5) is 2.50. The molecule has 14 aromatic rings. The molecule has 0 aliphatic heterocycles. The van der Waals surface area contributed by atoms with Crippen molar-refractivity contribution >= 4 is 105 Å². The zero-order valence-corrected chi connectivity index (χ0v) is 48.3. The highest BCUT2D eigenvalue weighted by atomic mass is 16.3. The number of nitrogens with zero attached hydrogens (tertiary/aromatic N) is 1. The summed E-state index contributed by atoms with van der Waals surface area (Å²) in [6.45, 7) is 18.3. The lowest BCUT2D eigenvalue weighted by Gasteiger charge is -2.30. The molecule has 0 saturated heterocycles. The number of furan rings is 2. The summed E-state index contributed by atoms with van der Waals surface area (Å²) < 4.78 is 14.7. The average Bonchev–Trinajstić information content (AvgIpc) is 4.25. The number of anilines is 5. The van der Waals surface area contributed by atoms with Crippen LogP contribution < -0.4 is 10.2 Å². The van der Waals surface area contributed by atoms with E-state index >= 15 is 0 Å². The summed E-state index contributed by atoms with van der Waals surface area (Å²) in [5.74, 6) is 0.469. The van der Waals surface area contributed by atoms with Crippen LogP contribution in [-0.4, -0.2) is 0 Å². The lowest BCUT2D eigenvalue weighted by Crippen LogP contribution is -2.12. The molecule has 0 amide bonds. The van der Waals surface area contributed by atoms with Crippen molar-refractivity contribution in [2.24, 2.45) is 0 Å². The molecule has 1 N–H and O–H groups in total. The zero-order chi connectivity index (χ0) is 55.9. The SMILES string of the molecule is CCc1cccc(Nc2c(-c3cc4c(C(C)C)cc(N(c5cccc(CC)c5)c5cccc6c5oc5c(-c7ccccc7CC)cccc56)c5ccc6c(C(C)C)ccc3c6c45)ccc3c2oc2c(-c4ccccc4CC)cccc23)c1. The maximum atomic E-state index is 7.37. The molecular formula is C78H68N2O2. The first kappa shape index (κ1) is 51.1. The quantitative estimate of drug-likeness (QED) is 0.110. The van der Waals surface area contributed by atoms with Crippen molar-refractivity contribution in [1.82, 2.24) is 0 Å². The number of hydrogen-bond donors (Lipinski definition) is 1. The van der Waals surface area contributed by atoms with E-state index in [1.165, 1.54) is 82.4 Å². The molecule has 14 rings (SSSR count). The third-order valence-corrected chi connectivity index (χ3v) is 17.7.